The van der Waals surface area contributed by atoms with E-state index in [-0.39, 0.29) is 5.75 Å². The lowest BCUT2D eigenvalue weighted by Gasteiger charge is -2.09. The highest BCUT2D eigenvalue weighted by atomic mass is 16.5. The maximum Gasteiger partial charge on any atom is 0.225 e. The molecule has 0 saturated heterocycles. The molecule has 4 nitrogen and oxygen atoms in total. The van der Waals surface area contributed by atoms with Crippen LogP contribution in [0.3, 0.4) is 0 Å². The van der Waals surface area contributed by atoms with Gasteiger partial charge in [0.2, 0.25) is 5.88 Å². The molecule has 0 radical (unpaired) electrons. The Bertz CT molecular complexity index is 555. The number of hydrogen-bond acceptors (Lipinski definition) is 4. The number of aromatic nitrogens is 2. The van der Waals surface area contributed by atoms with Crippen molar-refractivity contribution in [1.29, 1.82) is 0 Å². The molecular formula is C13H12N2O2. The standard InChI is InChI=1S/C13H12N2O2/c16-11-6-1-2-7-12(11)17-13-9-4-3-5-10(9)14-8-15-13/h1-2,6-8,16H,3-5H2. The molecule has 1 heterocycles. The van der Waals surface area contributed by atoms with E-state index in [1.54, 1.807) is 18.2 Å². The Balaban J connectivity index is 1.97. The number of rotatable bonds is 2. The summed E-state index contributed by atoms with van der Waals surface area (Å²) in [6, 6.07) is 6.89. The minimum Gasteiger partial charge on any atom is -0.504 e. The first-order valence-electron chi connectivity index (χ1n) is 5.63. The summed E-state index contributed by atoms with van der Waals surface area (Å²) in [6.45, 7) is 0. The van der Waals surface area contributed by atoms with Gasteiger partial charge in [-0.1, -0.05) is 12.1 Å². The summed E-state index contributed by atoms with van der Waals surface area (Å²) in [5, 5.41) is 9.65. The molecule has 1 N–H and O–H groups in total. The lowest BCUT2D eigenvalue weighted by Crippen LogP contribution is -1.96. The molecule has 0 bridgehead atoms. The zero-order chi connectivity index (χ0) is 11.7. The minimum absolute atomic E-state index is 0.123. The van der Waals surface area contributed by atoms with Crippen LogP contribution < -0.4 is 4.74 Å². The molecule has 17 heavy (non-hydrogen) atoms. The van der Waals surface area contributed by atoms with Gasteiger partial charge in [0.05, 0.1) is 5.69 Å². The van der Waals surface area contributed by atoms with Crippen molar-refractivity contribution in [3.63, 3.8) is 0 Å². The summed E-state index contributed by atoms with van der Waals surface area (Å²) >= 11 is 0. The molecule has 0 aliphatic heterocycles. The lowest BCUT2D eigenvalue weighted by atomic mass is 10.2. The summed E-state index contributed by atoms with van der Waals surface area (Å²) < 4.78 is 5.65. The Morgan fingerprint density at radius 3 is 2.88 bits per heavy atom. The quantitative estimate of drug-likeness (QED) is 0.857. The molecule has 3 rings (SSSR count). The van der Waals surface area contributed by atoms with Gasteiger partial charge in [-0.15, -0.1) is 0 Å². The second kappa shape index (κ2) is 4.05. The number of ether oxygens (including phenoxy) is 1. The number of fused-ring (bicyclic) bond motifs is 1. The average Bonchev–Trinajstić information content (AvgIpc) is 2.81. The van der Waals surface area contributed by atoms with Crippen molar-refractivity contribution >= 4 is 0 Å². The van der Waals surface area contributed by atoms with E-state index in [1.807, 2.05) is 6.07 Å². The van der Waals surface area contributed by atoms with Crippen LogP contribution in [0.2, 0.25) is 0 Å². The van der Waals surface area contributed by atoms with Gasteiger partial charge in [-0.3, -0.25) is 0 Å². The number of aromatic hydroxyl groups is 1. The fourth-order valence-electron chi connectivity index (χ4n) is 2.07. The maximum atomic E-state index is 9.65. The Hall–Kier alpha value is -2.10. The van der Waals surface area contributed by atoms with Crippen LogP contribution >= 0.6 is 0 Å². The SMILES string of the molecule is Oc1ccccc1Oc1ncnc2c1CCC2. The van der Waals surface area contributed by atoms with E-state index >= 15 is 0 Å². The van der Waals surface area contributed by atoms with Crippen molar-refractivity contribution in [3.8, 4) is 17.4 Å². The number of aryl methyl sites for hydroxylation is 1. The van der Waals surface area contributed by atoms with Crippen LogP contribution in [0.15, 0.2) is 30.6 Å². The van der Waals surface area contributed by atoms with E-state index in [9.17, 15) is 5.11 Å². The summed E-state index contributed by atoms with van der Waals surface area (Å²) in [5.41, 5.74) is 2.13. The molecule has 0 atom stereocenters. The predicted molar refractivity (Wildman–Crippen MR) is 62.2 cm³/mol. The molecule has 86 valence electrons. The van der Waals surface area contributed by atoms with Gasteiger partial charge >= 0.3 is 0 Å². The monoisotopic (exact) mass is 228 g/mol. The fourth-order valence-corrected chi connectivity index (χ4v) is 2.07. The zero-order valence-corrected chi connectivity index (χ0v) is 9.26. The van der Waals surface area contributed by atoms with Crippen LogP contribution in [0.1, 0.15) is 17.7 Å². The van der Waals surface area contributed by atoms with E-state index < -0.39 is 0 Å². The molecule has 0 fully saturated rings. The summed E-state index contributed by atoms with van der Waals surface area (Å²) in [6.07, 6.45) is 4.53. The van der Waals surface area contributed by atoms with E-state index in [4.69, 9.17) is 4.74 Å². The normalized spacial score (nSPS) is 13.4. The van der Waals surface area contributed by atoms with Gasteiger partial charge in [-0.25, -0.2) is 9.97 Å². The summed E-state index contributed by atoms with van der Waals surface area (Å²) in [5.74, 6) is 1.12. The van der Waals surface area contributed by atoms with Crippen molar-refractivity contribution in [3.05, 3.63) is 41.9 Å². The van der Waals surface area contributed by atoms with Gasteiger partial charge in [0, 0.05) is 5.56 Å². The van der Waals surface area contributed by atoms with Crippen molar-refractivity contribution < 1.29 is 9.84 Å². The van der Waals surface area contributed by atoms with Crippen LogP contribution in [0.25, 0.3) is 0 Å². The molecule has 4 heteroatoms. The third kappa shape index (κ3) is 1.82. The average molecular weight is 228 g/mol. The first-order chi connectivity index (χ1) is 8.34. The van der Waals surface area contributed by atoms with Crippen LogP contribution in [0.4, 0.5) is 0 Å². The van der Waals surface area contributed by atoms with Crippen LogP contribution in [-0.4, -0.2) is 15.1 Å². The van der Waals surface area contributed by atoms with Crippen LogP contribution in [0.5, 0.6) is 17.4 Å². The van der Waals surface area contributed by atoms with Crippen molar-refractivity contribution in [2.75, 3.05) is 0 Å². The Kier molecular flexibility index (Phi) is 2.40. The van der Waals surface area contributed by atoms with E-state index in [2.05, 4.69) is 9.97 Å². The topological polar surface area (TPSA) is 55.2 Å². The smallest absolute Gasteiger partial charge is 0.225 e. The van der Waals surface area contributed by atoms with Gasteiger partial charge in [-0.2, -0.15) is 0 Å². The van der Waals surface area contributed by atoms with Gasteiger partial charge < -0.3 is 9.84 Å². The minimum atomic E-state index is 0.123. The number of benzene rings is 1. The van der Waals surface area contributed by atoms with Gasteiger partial charge in [0.15, 0.2) is 11.5 Å². The molecule has 0 spiro atoms. The van der Waals surface area contributed by atoms with E-state index in [0.717, 1.165) is 30.5 Å². The second-order valence-electron chi connectivity index (χ2n) is 4.03. The van der Waals surface area contributed by atoms with Gasteiger partial charge in [0.1, 0.15) is 6.33 Å². The third-order valence-corrected chi connectivity index (χ3v) is 2.91. The highest BCUT2D eigenvalue weighted by molar-refractivity contribution is 5.43. The summed E-state index contributed by atoms with van der Waals surface area (Å²) in [7, 11) is 0. The second-order valence-corrected chi connectivity index (χ2v) is 4.03. The van der Waals surface area contributed by atoms with Crippen LogP contribution in [0, 0.1) is 0 Å². The summed E-state index contributed by atoms with van der Waals surface area (Å²) in [4.78, 5) is 8.37. The predicted octanol–water partition coefficient (Wildman–Crippen LogP) is 2.46. The highest BCUT2D eigenvalue weighted by Crippen LogP contribution is 2.33. The number of para-hydroxylation sites is 2. The molecule has 0 amide bonds. The molecule has 1 aliphatic rings. The third-order valence-electron chi connectivity index (χ3n) is 2.91. The first kappa shape index (κ1) is 10.1. The molecule has 1 aromatic heterocycles. The fraction of sp³-hybridized carbons (Fsp3) is 0.231. The maximum absolute atomic E-state index is 9.65. The number of nitrogens with zero attached hydrogens (tertiary/aromatic N) is 2. The molecule has 2 aromatic rings. The van der Waals surface area contributed by atoms with Crippen molar-refractivity contribution in [2.45, 2.75) is 19.3 Å². The number of phenolic OH excluding ortho intramolecular Hbond substituents is 1. The first-order valence-corrected chi connectivity index (χ1v) is 5.63. The molecule has 1 aromatic carbocycles. The van der Waals surface area contributed by atoms with Crippen molar-refractivity contribution in [1.82, 2.24) is 9.97 Å². The van der Waals surface area contributed by atoms with Gasteiger partial charge in [0.25, 0.3) is 0 Å². The molecule has 1 aliphatic carbocycles. The number of phenols is 1. The van der Waals surface area contributed by atoms with Gasteiger partial charge in [-0.05, 0) is 31.4 Å². The lowest BCUT2D eigenvalue weighted by molar-refractivity contribution is 0.399. The van der Waals surface area contributed by atoms with Crippen molar-refractivity contribution in [2.24, 2.45) is 0 Å². The highest BCUT2D eigenvalue weighted by Gasteiger charge is 2.19. The van der Waals surface area contributed by atoms with Crippen LogP contribution in [-0.2, 0) is 12.8 Å². The largest absolute Gasteiger partial charge is 0.504 e. The molecule has 0 saturated carbocycles. The number of hydrogen-bond donors (Lipinski definition) is 1. The molecule has 0 unspecified atom stereocenters. The van der Waals surface area contributed by atoms with E-state index in [0.29, 0.717) is 11.6 Å². The zero-order valence-electron chi connectivity index (χ0n) is 9.26. The Morgan fingerprint density at radius 1 is 1.12 bits per heavy atom. The Morgan fingerprint density at radius 2 is 2.00 bits per heavy atom. The molecular weight excluding hydrogens is 216 g/mol. The Labute approximate surface area is 98.9 Å². The van der Waals surface area contributed by atoms with E-state index in [1.165, 1.54) is 6.33 Å².